The zero-order valence-corrected chi connectivity index (χ0v) is 13.8. The molecule has 0 saturated carbocycles. The van der Waals surface area contributed by atoms with Crippen LogP contribution in [0.5, 0.6) is 0 Å². The van der Waals surface area contributed by atoms with Gasteiger partial charge in [0.2, 0.25) is 0 Å². The van der Waals surface area contributed by atoms with Gasteiger partial charge in [-0.1, -0.05) is 29.3 Å². The maximum atomic E-state index is 10.2. The van der Waals surface area contributed by atoms with Crippen molar-refractivity contribution >= 4 is 26.9 Å². The summed E-state index contributed by atoms with van der Waals surface area (Å²) in [5.41, 5.74) is 0.218. The van der Waals surface area contributed by atoms with Gasteiger partial charge in [0, 0.05) is 16.4 Å². The Morgan fingerprint density at radius 2 is 2.15 bits per heavy atom. The molecule has 2 unspecified atom stereocenters. The summed E-state index contributed by atoms with van der Waals surface area (Å²) in [6.07, 6.45) is 1.77. The smallest absolute Gasteiger partial charge is 0.134 e. The second kappa shape index (κ2) is 6.29. The predicted molar refractivity (Wildman–Crippen MR) is 85.9 cm³/mol. The third-order valence-corrected chi connectivity index (χ3v) is 4.00. The first kappa shape index (κ1) is 15.5. The highest BCUT2D eigenvalue weighted by Gasteiger charge is 2.21. The van der Waals surface area contributed by atoms with Gasteiger partial charge in [-0.3, -0.25) is 0 Å². The van der Waals surface area contributed by atoms with Crippen LogP contribution in [0.4, 0.5) is 0 Å². The van der Waals surface area contributed by atoms with Gasteiger partial charge < -0.3 is 14.8 Å². The molecule has 0 aliphatic rings. The molecule has 1 aromatic carbocycles. The van der Waals surface area contributed by atoms with Gasteiger partial charge in [-0.2, -0.15) is 0 Å². The van der Waals surface area contributed by atoms with E-state index in [1.807, 2.05) is 31.2 Å². The number of fused-ring (bicyclic) bond motifs is 1. The Bertz CT molecular complexity index is 577. The van der Waals surface area contributed by atoms with Crippen LogP contribution >= 0.6 is 15.9 Å². The highest BCUT2D eigenvalue weighted by Crippen LogP contribution is 2.26. The van der Waals surface area contributed by atoms with Gasteiger partial charge in [-0.05, 0) is 44.5 Å². The standard InChI is InChI=1S/C16H22BrNO2/c1-4-7-16(3,19)10-18-11(2)15-9-12-8-13(17)5-6-14(12)20-15/h5-6,8-9,11,18-19H,4,7,10H2,1-3H3. The van der Waals surface area contributed by atoms with E-state index in [0.29, 0.717) is 6.54 Å². The fourth-order valence-corrected chi connectivity index (χ4v) is 2.73. The van der Waals surface area contributed by atoms with E-state index in [0.717, 1.165) is 34.0 Å². The minimum atomic E-state index is -0.669. The van der Waals surface area contributed by atoms with Crippen molar-refractivity contribution in [2.75, 3.05) is 6.54 Å². The second-order valence-corrected chi connectivity index (χ2v) is 6.60. The van der Waals surface area contributed by atoms with Crippen molar-refractivity contribution in [2.45, 2.75) is 45.3 Å². The van der Waals surface area contributed by atoms with Gasteiger partial charge in [-0.15, -0.1) is 0 Å². The Kier molecular flexibility index (Phi) is 4.89. The average molecular weight is 340 g/mol. The van der Waals surface area contributed by atoms with Gasteiger partial charge in [0.25, 0.3) is 0 Å². The Balaban J connectivity index is 2.05. The summed E-state index contributed by atoms with van der Waals surface area (Å²) in [5, 5.41) is 14.6. The van der Waals surface area contributed by atoms with Gasteiger partial charge in [-0.25, -0.2) is 0 Å². The SMILES string of the molecule is CCCC(C)(O)CNC(C)c1cc2cc(Br)ccc2o1. The number of hydrogen-bond donors (Lipinski definition) is 2. The molecule has 2 N–H and O–H groups in total. The van der Waals surface area contributed by atoms with Crippen LogP contribution in [-0.2, 0) is 0 Å². The number of halogens is 1. The molecule has 1 heterocycles. The topological polar surface area (TPSA) is 45.4 Å². The van der Waals surface area contributed by atoms with Crippen LogP contribution in [0, 0.1) is 0 Å². The molecular weight excluding hydrogens is 318 g/mol. The van der Waals surface area contributed by atoms with E-state index >= 15 is 0 Å². The van der Waals surface area contributed by atoms with Crippen molar-refractivity contribution in [1.82, 2.24) is 5.32 Å². The first-order chi connectivity index (χ1) is 9.41. The Morgan fingerprint density at radius 1 is 1.40 bits per heavy atom. The Labute approximate surface area is 128 Å². The lowest BCUT2D eigenvalue weighted by atomic mass is 10.0. The predicted octanol–water partition coefficient (Wildman–Crippen LogP) is 4.40. The molecule has 0 radical (unpaired) electrons. The van der Waals surface area contributed by atoms with Crippen molar-refractivity contribution < 1.29 is 9.52 Å². The van der Waals surface area contributed by atoms with Crippen LogP contribution in [0.15, 0.2) is 33.2 Å². The van der Waals surface area contributed by atoms with Gasteiger partial charge in [0.1, 0.15) is 11.3 Å². The number of benzene rings is 1. The van der Waals surface area contributed by atoms with E-state index in [1.54, 1.807) is 0 Å². The van der Waals surface area contributed by atoms with E-state index < -0.39 is 5.60 Å². The summed E-state index contributed by atoms with van der Waals surface area (Å²) >= 11 is 3.46. The van der Waals surface area contributed by atoms with Crippen LogP contribution in [0.3, 0.4) is 0 Å². The van der Waals surface area contributed by atoms with Crippen molar-refractivity contribution in [3.8, 4) is 0 Å². The molecule has 4 heteroatoms. The number of furan rings is 1. The lowest BCUT2D eigenvalue weighted by molar-refractivity contribution is 0.0471. The van der Waals surface area contributed by atoms with Gasteiger partial charge >= 0.3 is 0 Å². The van der Waals surface area contributed by atoms with Crippen LogP contribution < -0.4 is 5.32 Å². The van der Waals surface area contributed by atoms with Gasteiger partial charge in [0.05, 0.1) is 11.6 Å². The van der Waals surface area contributed by atoms with Crippen LogP contribution in [0.2, 0.25) is 0 Å². The summed E-state index contributed by atoms with van der Waals surface area (Å²) in [6.45, 7) is 6.55. The highest BCUT2D eigenvalue weighted by molar-refractivity contribution is 9.10. The molecule has 20 heavy (non-hydrogen) atoms. The maximum Gasteiger partial charge on any atom is 0.134 e. The maximum absolute atomic E-state index is 10.2. The molecule has 0 aliphatic heterocycles. The normalized spacial score (nSPS) is 16.2. The number of nitrogens with one attached hydrogen (secondary N) is 1. The number of rotatable bonds is 6. The van der Waals surface area contributed by atoms with Crippen LogP contribution in [0.1, 0.15) is 45.4 Å². The zero-order chi connectivity index (χ0) is 14.8. The van der Waals surface area contributed by atoms with E-state index in [2.05, 4.69) is 35.1 Å². The third-order valence-electron chi connectivity index (χ3n) is 3.50. The largest absolute Gasteiger partial charge is 0.459 e. The molecular formula is C16H22BrNO2. The molecule has 1 aromatic heterocycles. The van der Waals surface area contributed by atoms with Crippen molar-refractivity contribution in [3.05, 3.63) is 34.5 Å². The van der Waals surface area contributed by atoms with E-state index in [4.69, 9.17) is 4.42 Å². The molecule has 0 fully saturated rings. The first-order valence-electron chi connectivity index (χ1n) is 7.06. The highest BCUT2D eigenvalue weighted by atomic mass is 79.9. The molecule has 2 atom stereocenters. The Hall–Kier alpha value is -0.840. The van der Waals surface area contributed by atoms with Crippen molar-refractivity contribution in [2.24, 2.45) is 0 Å². The average Bonchev–Trinajstić information content (AvgIpc) is 2.79. The minimum absolute atomic E-state index is 0.0736. The minimum Gasteiger partial charge on any atom is -0.459 e. The first-order valence-corrected chi connectivity index (χ1v) is 7.85. The monoisotopic (exact) mass is 339 g/mol. The van der Waals surface area contributed by atoms with Crippen molar-refractivity contribution in [3.63, 3.8) is 0 Å². The lowest BCUT2D eigenvalue weighted by Gasteiger charge is -2.24. The molecule has 0 aliphatic carbocycles. The molecule has 0 saturated heterocycles. The molecule has 110 valence electrons. The summed E-state index contributed by atoms with van der Waals surface area (Å²) < 4.78 is 6.89. The molecule has 0 amide bonds. The molecule has 0 bridgehead atoms. The molecule has 0 spiro atoms. The number of hydrogen-bond acceptors (Lipinski definition) is 3. The quantitative estimate of drug-likeness (QED) is 0.819. The van der Waals surface area contributed by atoms with E-state index in [1.165, 1.54) is 0 Å². The molecule has 2 rings (SSSR count). The fourth-order valence-electron chi connectivity index (χ4n) is 2.35. The van der Waals surface area contributed by atoms with E-state index in [9.17, 15) is 5.11 Å². The van der Waals surface area contributed by atoms with Crippen LogP contribution in [0.25, 0.3) is 11.0 Å². The zero-order valence-electron chi connectivity index (χ0n) is 12.2. The number of aliphatic hydroxyl groups is 1. The summed E-state index contributed by atoms with van der Waals surface area (Å²) in [5.74, 6) is 0.894. The second-order valence-electron chi connectivity index (χ2n) is 5.68. The third kappa shape index (κ3) is 3.84. The lowest BCUT2D eigenvalue weighted by Crippen LogP contribution is -2.38. The fraction of sp³-hybridized carbons (Fsp3) is 0.500. The van der Waals surface area contributed by atoms with E-state index in [-0.39, 0.29) is 6.04 Å². The molecule has 3 nitrogen and oxygen atoms in total. The van der Waals surface area contributed by atoms with Crippen molar-refractivity contribution in [1.29, 1.82) is 0 Å². The molecule has 2 aromatic rings. The van der Waals surface area contributed by atoms with Gasteiger partial charge in [0.15, 0.2) is 0 Å². The summed E-state index contributed by atoms with van der Waals surface area (Å²) in [6, 6.07) is 8.10. The van der Waals surface area contributed by atoms with Crippen LogP contribution in [-0.4, -0.2) is 17.3 Å². The summed E-state index contributed by atoms with van der Waals surface area (Å²) in [4.78, 5) is 0. The Morgan fingerprint density at radius 3 is 2.85 bits per heavy atom. The summed E-state index contributed by atoms with van der Waals surface area (Å²) in [7, 11) is 0.